The van der Waals surface area contributed by atoms with E-state index in [9.17, 15) is 0 Å². The van der Waals surface area contributed by atoms with Crippen LogP contribution in [0.1, 0.15) is 32.1 Å². The first-order valence-electron chi connectivity index (χ1n) is 3.81. The maximum atomic E-state index is 2.78. The highest BCUT2D eigenvalue weighted by molar-refractivity contribution is 7.16. The first-order chi connectivity index (χ1) is 4.43. The van der Waals surface area contributed by atoms with Crippen molar-refractivity contribution < 1.29 is 0 Å². The number of allylic oxidation sites excluding steroid dienone is 2. The molecule has 0 spiro atoms. The van der Waals surface area contributed by atoms with Gasteiger partial charge in [-0.1, -0.05) is 11.6 Å². The number of unbranched alkanes of at least 4 members (excludes halogenated alkanes) is 1. The van der Waals surface area contributed by atoms with Crippen LogP contribution in [0.5, 0.6) is 0 Å². The van der Waals surface area contributed by atoms with Gasteiger partial charge in [0.15, 0.2) is 0 Å². The zero-order valence-corrected chi connectivity index (χ0v) is 7.05. The average molecular weight is 142 g/mol. The molecule has 9 heavy (non-hydrogen) atoms. The molecule has 0 aromatic heterocycles. The number of hydrogen-bond acceptors (Lipinski definition) is 0. The van der Waals surface area contributed by atoms with Crippen molar-refractivity contribution in [2.75, 3.05) is 6.16 Å². The molecule has 1 aliphatic rings. The van der Waals surface area contributed by atoms with Crippen molar-refractivity contribution in [2.45, 2.75) is 32.1 Å². The second-order valence-corrected chi connectivity index (χ2v) is 3.22. The Morgan fingerprint density at radius 2 is 2.22 bits per heavy atom. The summed E-state index contributed by atoms with van der Waals surface area (Å²) in [6.45, 7) is 0. The second kappa shape index (κ2) is 4.06. The van der Waals surface area contributed by atoms with E-state index in [0.29, 0.717) is 0 Å². The van der Waals surface area contributed by atoms with Crippen LogP contribution in [0.4, 0.5) is 0 Å². The van der Waals surface area contributed by atoms with Crippen LogP contribution < -0.4 is 0 Å². The summed E-state index contributed by atoms with van der Waals surface area (Å²) in [6, 6.07) is 0. The highest BCUT2D eigenvalue weighted by Crippen LogP contribution is 2.23. The minimum Gasteiger partial charge on any atom is -0.138 e. The van der Waals surface area contributed by atoms with Crippen LogP contribution in [-0.4, -0.2) is 6.16 Å². The third-order valence-electron chi connectivity index (χ3n) is 1.85. The van der Waals surface area contributed by atoms with E-state index in [1.165, 1.54) is 38.3 Å². The minimum atomic E-state index is 1.27. The van der Waals surface area contributed by atoms with Gasteiger partial charge < -0.3 is 0 Å². The van der Waals surface area contributed by atoms with Crippen LogP contribution >= 0.6 is 9.24 Å². The Balaban J connectivity index is 1.92. The lowest BCUT2D eigenvalue weighted by molar-refractivity contribution is 0.718. The standard InChI is InChI=1S/C8H15P/c9-7-2-1-4-8-5-3-6-8/h5H,1-4,6-7,9H2. The Hall–Kier alpha value is 0.170. The molecule has 0 saturated heterocycles. The topological polar surface area (TPSA) is 0 Å². The molecule has 0 aromatic rings. The summed E-state index contributed by atoms with van der Waals surface area (Å²) in [6.07, 6.45) is 10.5. The molecule has 1 heteroatoms. The first-order valence-corrected chi connectivity index (χ1v) is 4.63. The summed E-state index contributed by atoms with van der Waals surface area (Å²) >= 11 is 0. The lowest BCUT2D eigenvalue weighted by atomic mass is 9.94. The second-order valence-electron chi connectivity index (χ2n) is 2.65. The van der Waals surface area contributed by atoms with Crippen molar-refractivity contribution in [2.24, 2.45) is 0 Å². The van der Waals surface area contributed by atoms with E-state index in [-0.39, 0.29) is 0 Å². The van der Waals surface area contributed by atoms with E-state index < -0.39 is 0 Å². The fourth-order valence-electron chi connectivity index (χ4n) is 1.07. The number of rotatable bonds is 4. The third kappa shape index (κ3) is 2.49. The molecule has 0 amide bonds. The molecule has 1 rings (SSSR count). The lowest BCUT2D eigenvalue weighted by Crippen LogP contribution is -1.93. The van der Waals surface area contributed by atoms with Gasteiger partial charge >= 0.3 is 0 Å². The fraction of sp³-hybridized carbons (Fsp3) is 0.750. The molecule has 0 aromatic carbocycles. The van der Waals surface area contributed by atoms with Crippen molar-refractivity contribution in [3.05, 3.63) is 11.6 Å². The SMILES string of the molecule is PCCCCC1=CCC1. The third-order valence-corrected chi connectivity index (χ3v) is 2.26. The van der Waals surface area contributed by atoms with Gasteiger partial charge in [0.05, 0.1) is 0 Å². The molecule has 1 atom stereocenters. The highest BCUT2D eigenvalue weighted by atomic mass is 31.0. The Morgan fingerprint density at radius 1 is 1.44 bits per heavy atom. The molecule has 0 saturated carbocycles. The predicted molar refractivity (Wildman–Crippen MR) is 45.7 cm³/mol. The van der Waals surface area contributed by atoms with E-state index in [1.54, 1.807) is 5.57 Å². The van der Waals surface area contributed by atoms with Crippen LogP contribution in [0, 0.1) is 0 Å². The first kappa shape index (κ1) is 7.28. The van der Waals surface area contributed by atoms with E-state index in [4.69, 9.17) is 0 Å². The summed E-state index contributed by atoms with van der Waals surface area (Å²) in [4.78, 5) is 0. The van der Waals surface area contributed by atoms with Crippen LogP contribution in [0.3, 0.4) is 0 Å². The van der Waals surface area contributed by atoms with Gasteiger partial charge in [-0.3, -0.25) is 0 Å². The summed E-state index contributed by atoms with van der Waals surface area (Å²) in [5.41, 5.74) is 1.70. The Bertz CT molecular complexity index is 105. The summed E-state index contributed by atoms with van der Waals surface area (Å²) in [7, 11) is 2.78. The summed E-state index contributed by atoms with van der Waals surface area (Å²) in [5, 5.41) is 0. The van der Waals surface area contributed by atoms with E-state index in [0.717, 1.165) is 0 Å². The summed E-state index contributed by atoms with van der Waals surface area (Å²) < 4.78 is 0. The van der Waals surface area contributed by atoms with Crippen molar-refractivity contribution in [1.82, 2.24) is 0 Å². The van der Waals surface area contributed by atoms with Crippen molar-refractivity contribution >= 4 is 9.24 Å². The molecular weight excluding hydrogens is 127 g/mol. The largest absolute Gasteiger partial charge is 0.138 e. The molecule has 0 heterocycles. The normalized spacial score (nSPS) is 16.8. The van der Waals surface area contributed by atoms with Crippen molar-refractivity contribution in [3.8, 4) is 0 Å². The van der Waals surface area contributed by atoms with Gasteiger partial charge in [-0.15, -0.1) is 9.24 Å². The van der Waals surface area contributed by atoms with E-state index >= 15 is 0 Å². The van der Waals surface area contributed by atoms with Crippen LogP contribution in [-0.2, 0) is 0 Å². The molecule has 0 bridgehead atoms. The summed E-state index contributed by atoms with van der Waals surface area (Å²) in [5.74, 6) is 0. The highest BCUT2D eigenvalue weighted by Gasteiger charge is 2.03. The van der Waals surface area contributed by atoms with Gasteiger partial charge in [0, 0.05) is 0 Å². The zero-order chi connectivity index (χ0) is 6.53. The van der Waals surface area contributed by atoms with E-state index in [2.05, 4.69) is 15.3 Å². The van der Waals surface area contributed by atoms with Crippen LogP contribution in [0.25, 0.3) is 0 Å². The van der Waals surface area contributed by atoms with Gasteiger partial charge in [-0.05, 0) is 38.3 Å². The Labute approximate surface area is 59.9 Å². The van der Waals surface area contributed by atoms with Gasteiger partial charge in [-0.25, -0.2) is 0 Å². The molecule has 52 valence electrons. The van der Waals surface area contributed by atoms with Gasteiger partial charge in [-0.2, -0.15) is 0 Å². The monoisotopic (exact) mass is 142 g/mol. The van der Waals surface area contributed by atoms with Gasteiger partial charge in [0.25, 0.3) is 0 Å². The maximum absolute atomic E-state index is 2.78. The van der Waals surface area contributed by atoms with Crippen LogP contribution in [0.2, 0.25) is 0 Å². The zero-order valence-electron chi connectivity index (χ0n) is 5.90. The van der Waals surface area contributed by atoms with Crippen molar-refractivity contribution in [1.29, 1.82) is 0 Å². The molecule has 0 fully saturated rings. The van der Waals surface area contributed by atoms with Gasteiger partial charge in [0.1, 0.15) is 0 Å². The molecule has 0 nitrogen and oxygen atoms in total. The molecular formula is C8H15P. The molecule has 0 N–H and O–H groups in total. The maximum Gasteiger partial charge on any atom is -0.0285 e. The average Bonchev–Trinajstić information content (AvgIpc) is 1.76. The Morgan fingerprint density at radius 3 is 2.67 bits per heavy atom. The smallest absolute Gasteiger partial charge is 0.0285 e. The molecule has 0 aliphatic heterocycles. The minimum absolute atomic E-state index is 1.27. The predicted octanol–water partition coefficient (Wildman–Crippen LogP) is 2.75. The Kier molecular flexibility index (Phi) is 3.28. The molecule has 1 aliphatic carbocycles. The van der Waals surface area contributed by atoms with E-state index in [1.807, 2.05) is 0 Å². The van der Waals surface area contributed by atoms with Crippen LogP contribution in [0.15, 0.2) is 11.6 Å². The lowest BCUT2D eigenvalue weighted by Gasteiger charge is -2.12. The molecule has 1 unspecified atom stereocenters. The molecule has 0 radical (unpaired) electrons. The fourth-order valence-corrected chi connectivity index (χ4v) is 1.36. The number of hydrogen-bond donors (Lipinski definition) is 0. The van der Waals surface area contributed by atoms with Crippen molar-refractivity contribution in [3.63, 3.8) is 0 Å². The van der Waals surface area contributed by atoms with Gasteiger partial charge in [0.2, 0.25) is 0 Å². The quantitative estimate of drug-likeness (QED) is 0.321.